The third-order valence-electron chi connectivity index (χ3n) is 5.62. The Morgan fingerprint density at radius 1 is 0.800 bits per heavy atom. The maximum atomic E-state index is 13.4. The van der Waals surface area contributed by atoms with Gasteiger partial charge in [-0.2, -0.15) is 5.10 Å². The average molecular weight is 470 g/mol. The first-order chi connectivity index (χ1) is 17.1. The van der Waals surface area contributed by atoms with E-state index in [2.05, 4.69) is 5.10 Å². The second-order valence-corrected chi connectivity index (χ2v) is 8.01. The molecule has 0 saturated carbocycles. The van der Waals surface area contributed by atoms with Crippen LogP contribution in [0.5, 0.6) is 11.5 Å². The molecule has 0 bridgehead atoms. The Kier molecular flexibility index (Phi) is 7.57. The highest BCUT2D eigenvalue weighted by Crippen LogP contribution is 2.31. The van der Waals surface area contributed by atoms with Crippen molar-refractivity contribution in [3.63, 3.8) is 0 Å². The van der Waals surface area contributed by atoms with Gasteiger partial charge in [-0.1, -0.05) is 60.7 Å². The number of carbonyl (C=O) groups is 1. The van der Waals surface area contributed by atoms with E-state index in [9.17, 15) is 9.59 Å². The molecule has 0 atom stereocenters. The van der Waals surface area contributed by atoms with Crippen LogP contribution in [0.15, 0.2) is 95.8 Å². The highest BCUT2D eigenvalue weighted by atomic mass is 16.5. The first kappa shape index (κ1) is 23.8. The fourth-order valence-electron chi connectivity index (χ4n) is 3.78. The second kappa shape index (κ2) is 11.2. The zero-order chi connectivity index (χ0) is 24.6. The third kappa shape index (κ3) is 5.95. The van der Waals surface area contributed by atoms with Gasteiger partial charge in [-0.15, -0.1) is 0 Å². The molecule has 0 N–H and O–H groups in total. The number of rotatable bonds is 9. The lowest BCUT2D eigenvalue weighted by Crippen LogP contribution is -2.36. The standard InChI is InChI=1S/C28H27N3O4/c1-34-25-15-13-23(17-26(25)35-2)24-14-16-27(32)31(29-24)20-28(33)30(18-21-9-5-3-6-10-21)19-22-11-7-4-8-12-22/h3-17H,18-20H2,1-2H3. The molecule has 0 spiro atoms. The minimum Gasteiger partial charge on any atom is -0.493 e. The van der Waals surface area contributed by atoms with E-state index in [-0.39, 0.29) is 18.0 Å². The first-order valence-electron chi connectivity index (χ1n) is 11.2. The fourth-order valence-corrected chi connectivity index (χ4v) is 3.78. The Hall–Kier alpha value is -4.39. The molecule has 1 aromatic heterocycles. The van der Waals surface area contributed by atoms with Crippen LogP contribution in [0.1, 0.15) is 11.1 Å². The molecule has 4 aromatic rings. The van der Waals surface area contributed by atoms with Gasteiger partial charge in [-0.3, -0.25) is 9.59 Å². The summed E-state index contributed by atoms with van der Waals surface area (Å²) in [6, 6.07) is 28.0. The number of benzene rings is 3. The number of methoxy groups -OCH3 is 2. The number of ether oxygens (including phenoxy) is 2. The largest absolute Gasteiger partial charge is 0.493 e. The van der Waals surface area contributed by atoms with Crippen molar-refractivity contribution < 1.29 is 14.3 Å². The van der Waals surface area contributed by atoms with Crippen molar-refractivity contribution in [2.45, 2.75) is 19.6 Å². The quantitative estimate of drug-likeness (QED) is 0.368. The number of carbonyl (C=O) groups excluding carboxylic acids is 1. The monoisotopic (exact) mass is 469 g/mol. The highest BCUT2D eigenvalue weighted by Gasteiger charge is 2.17. The van der Waals surface area contributed by atoms with Gasteiger partial charge in [0.25, 0.3) is 5.56 Å². The van der Waals surface area contributed by atoms with Crippen LogP contribution >= 0.6 is 0 Å². The van der Waals surface area contributed by atoms with Crippen LogP contribution < -0.4 is 15.0 Å². The molecule has 0 aliphatic heterocycles. The number of aromatic nitrogens is 2. The SMILES string of the molecule is COc1ccc(-c2ccc(=O)n(CC(=O)N(Cc3ccccc3)Cc3ccccc3)n2)cc1OC. The summed E-state index contributed by atoms with van der Waals surface area (Å²) >= 11 is 0. The van der Waals surface area contributed by atoms with Crippen molar-refractivity contribution in [1.29, 1.82) is 0 Å². The van der Waals surface area contributed by atoms with Gasteiger partial charge in [-0.05, 0) is 35.4 Å². The molecule has 0 aliphatic carbocycles. The Morgan fingerprint density at radius 3 is 1.97 bits per heavy atom. The van der Waals surface area contributed by atoms with E-state index in [0.717, 1.165) is 16.7 Å². The van der Waals surface area contributed by atoms with Crippen LogP contribution in [0.2, 0.25) is 0 Å². The Bertz CT molecular complexity index is 1300. The minimum atomic E-state index is -0.345. The predicted octanol–water partition coefficient (Wildman–Crippen LogP) is 4.16. The summed E-state index contributed by atoms with van der Waals surface area (Å²) in [5, 5.41) is 4.47. The lowest BCUT2D eigenvalue weighted by atomic mass is 10.1. The number of hydrogen-bond acceptors (Lipinski definition) is 5. The van der Waals surface area contributed by atoms with Gasteiger partial charge >= 0.3 is 0 Å². The van der Waals surface area contributed by atoms with Gasteiger partial charge in [0.15, 0.2) is 11.5 Å². The van der Waals surface area contributed by atoms with E-state index >= 15 is 0 Å². The molecule has 7 heteroatoms. The number of amides is 1. The van der Waals surface area contributed by atoms with Crippen LogP contribution in [0.25, 0.3) is 11.3 Å². The van der Waals surface area contributed by atoms with E-state index in [4.69, 9.17) is 9.47 Å². The fraction of sp³-hybridized carbons (Fsp3) is 0.179. The van der Waals surface area contributed by atoms with E-state index in [0.29, 0.717) is 30.3 Å². The summed E-state index contributed by atoms with van der Waals surface area (Å²) in [7, 11) is 3.13. The second-order valence-electron chi connectivity index (χ2n) is 8.01. The van der Waals surface area contributed by atoms with Crippen LogP contribution in [-0.4, -0.2) is 34.8 Å². The van der Waals surface area contributed by atoms with Gasteiger partial charge < -0.3 is 14.4 Å². The lowest BCUT2D eigenvalue weighted by Gasteiger charge is -2.23. The molecule has 3 aromatic carbocycles. The summed E-state index contributed by atoms with van der Waals surface area (Å²) in [4.78, 5) is 27.7. The van der Waals surface area contributed by atoms with Crippen LogP contribution in [0.3, 0.4) is 0 Å². The summed E-state index contributed by atoms with van der Waals surface area (Å²) in [6.07, 6.45) is 0. The third-order valence-corrected chi connectivity index (χ3v) is 5.62. The van der Waals surface area contributed by atoms with E-state index < -0.39 is 0 Å². The molecule has 4 rings (SSSR count). The highest BCUT2D eigenvalue weighted by molar-refractivity contribution is 5.76. The van der Waals surface area contributed by atoms with E-state index in [1.54, 1.807) is 37.3 Å². The summed E-state index contributed by atoms with van der Waals surface area (Å²) in [5.41, 5.74) is 2.97. The van der Waals surface area contributed by atoms with Gasteiger partial charge in [0.1, 0.15) is 6.54 Å². The van der Waals surface area contributed by atoms with Crippen molar-refractivity contribution in [2.75, 3.05) is 14.2 Å². The molecule has 1 heterocycles. The Labute approximate surface area is 204 Å². The number of hydrogen-bond donors (Lipinski definition) is 0. The number of nitrogens with zero attached hydrogens (tertiary/aromatic N) is 3. The molecule has 0 aliphatic rings. The van der Waals surface area contributed by atoms with Gasteiger partial charge in [0.05, 0.1) is 19.9 Å². The van der Waals surface area contributed by atoms with Gasteiger partial charge in [-0.25, -0.2) is 4.68 Å². The first-order valence-corrected chi connectivity index (χ1v) is 11.2. The molecule has 178 valence electrons. The van der Waals surface area contributed by atoms with Gasteiger partial charge in [0.2, 0.25) is 5.91 Å². The molecule has 0 saturated heterocycles. The van der Waals surface area contributed by atoms with Crippen molar-refractivity contribution in [3.8, 4) is 22.8 Å². The topological polar surface area (TPSA) is 73.7 Å². The predicted molar refractivity (Wildman–Crippen MR) is 134 cm³/mol. The molecular weight excluding hydrogens is 442 g/mol. The van der Waals surface area contributed by atoms with E-state index in [1.807, 2.05) is 66.7 Å². The maximum absolute atomic E-state index is 13.4. The Morgan fingerprint density at radius 2 is 1.40 bits per heavy atom. The normalized spacial score (nSPS) is 10.6. The van der Waals surface area contributed by atoms with Crippen LogP contribution in [-0.2, 0) is 24.4 Å². The van der Waals surface area contributed by atoms with E-state index in [1.165, 1.54) is 10.7 Å². The Balaban J connectivity index is 1.60. The van der Waals surface area contributed by atoms with Crippen LogP contribution in [0.4, 0.5) is 0 Å². The summed E-state index contributed by atoms with van der Waals surface area (Å²) in [6.45, 7) is 0.691. The minimum absolute atomic E-state index is 0.167. The summed E-state index contributed by atoms with van der Waals surface area (Å²) in [5.74, 6) is 0.950. The zero-order valence-electron chi connectivity index (χ0n) is 19.8. The molecular formula is C28H27N3O4. The molecule has 0 radical (unpaired) electrons. The van der Waals surface area contributed by atoms with Gasteiger partial charge in [0, 0.05) is 24.7 Å². The molecule has 0 unspecified atom stereocenters. The van der Waals surface area contributed by atoms with Crippen molar-refractivity contribution in [2.24, 2.45) is 0 Å². The maximum Gasteiger partial charge on any atom is 0.267 e. The molecule has 1 amide bonds. The lowest BCUT2D eigenvalue weighted by molar-refractivity contribution is -0.133. The summed E-state index contributed by atoms with van der Waals surface area (Å²) < 4.78 is 11.9. The van der Waals surface area contributed by atoms with Crippen molar-refractivity contribution in [3.05, 3.63) is 112 Å². The molecule has 7 nitrogen and oxygen atoms in total. The van der Waals surface area contributed by atoms with Crippen molar-refractivity contribution in [1.82, 2.24) is 14.7 Å². The molecule has 35 heavy (non-hydrogen) atoms. The van der Waals surface area contributed by atoms with Crippen molar-refractivity contribution >= 4 is 5.91 Å². The average Bonchev–Trinajstić information content (AvgIpc) is 2.90. The zero-order valence-corrected chi connectivity index (χ0v) is 19.8. The smallest absolute Gasteiger partial charge is 0.267 e. The van der Waals surface area contributed by atoms with Crippen LogP contribution in [0, 0.1) is 0 Å². The molecule has 0 fully saturated rings.